The molecule has 0 bridgehead atoms. The number of aliphatic hydroxyl groups is 1. The Morgan fingerprint density at radius 3 is 2.77 bits per heavy atom. The molecule has 3 nitrogen and oxygen atoms in total. The summed E-state index contributed by atoms with van der Waals surface area (Å²) < 4.78 is 0. The Kier molecular flexibility index (Phi) is 6.92. The average Bonchev–Trinajstić information content (AvgIpc) is 2.02. The molecule has 0 spiro atoms. The molecule has 0 saturated carbocycles. The highest BCUT2D eigenvalue weighted by Gasteiger charge is 1.96. The van der Waals surface area contributed by atoms with Crippen LogP contribution in [0.1, 0.15) is 26.2 Å². The van der Waals surface area contributed by atoms with Crippen molar-refractivity contribution >= 4 is 5.97 Å². The minimum atomic E-state index is -1.24. The predicted octanol–water partition coefficient (Wildman–Crippen LogP) is 0.400. The third-order valence-electron chi connectivity index (χ3n) is 1.41. The molecule has 13 heavy (non-hydrogen) atoms. The molecule has 0 aliphatic heterocycles. The van der Waals surface area contributed by atoms with E-state index >= 15 is 0 Å². The summed E-state index contributed by atoms with van der Waals surface area (Å²) in [6, 6.07) is 0. The summed E-state index contributed by atoms with van der Waals surface area (Å²) in [6.07, 6.45) is 7.59. The van der Waals surface area contributed by atoms with Crippen LogP contribution in [-0.4, -0.2) is 17.2 Å². The maximum atomic E-state index is 10.0. The highest BCUT2D eigenvalue weighted by molar-refractivity contribution is 5.65. The Hall–Kier alpha value is -1.09. The van der Waals surface area contributed by atoms with Crippen LogP contribution in [0, 0.1) is 0 Å². The number of aliphatic carboxylic acids is 1. The molecular weight excluding hydrogens is 168 g/mol. The first-order chi connectivity index (χ1) is 6.16. The van der Waals surface area contributed by atoms with E-state index in [4.69, 9.17) is 5.11 Å². The first-order valence-corrected chi connectivity index (χ1v) is 4.38. The fourth-order valence-corrected chi connectivity index (χ4v) is 0.773. The molecule has 1 N–H and O–H groups in total. The van der Waals surface area contributed by atoms with Crippen molar-refractivity contribution in [2.24, 2.45) is 0 Å². The third kappa shape index (κ3) is 8.82. The second kappa shape index (κ2) is 7.55. The SMILES string of the molecule is CCC/C=C/C=C/C(O)CC(=O)[O-]. The molecule has 0 aromatic heterocycles. The topological polar surface area (TPSA) is 60.4 Å². The molecule has 0 aliphatic rings. The normalized spacial score (nSPS) is 14.0. The van der Waals surface area contributed by atoms with Gasteiger partial charge in [0.05, 0.1) is 6.10 Å². The molecule has 0 aromatic rings. The van der Waals surface area contributed by atoms with E-state index in [9.17, 15) is 9.90 Å². The van der Waals surface area contributed by atoms with Gasteiger partial charge in [0.15, 0.2) is 0 Å². The van der Waals surface area contributed by atoms with Gasteiger partial charge in [-0.05, 0) is 6.42 Å². The number of carboxylic acid groups (broad SMARTS) is 1. The van der Waals surface area contributed by atoms with Crippen LogP contribution in [0.15, 0.2) is 24.3 Å². The summed E-state index contributed by atoms with van der Waals surface area (Å²) in [5.41, 5.74) is 0. The maximum Gasteiger partial charge on any atom is 0.0776 e. The molecular formula is C10H15O3-. The lowest BCUT2D eigenvalue weighted by Crippen LogP contribution is -2.26. The smallest absolute Gasteiger partial charge is 0.0776 e. The van der Waals surface area contributed by atoms with E-state index < -0.39 is 12.1 Å². The van der Waals surface area contributed by atoms with Crippen LogP contribution in [-0.2, 0) is 4.79 Å². The van der Waals surface area contributed by atoms with Crippen molar-refractivity contribution in [2.75, 3.05) is 0 Å². The summed E-state index contributed by atoms with van der Waals surface area (Å²) in [5.74, 6) is -1.24. The molecule has 0 saturated heterocycles. The van der Waals surface area contributed by atoms with Crippen LogP contribution in [0.25, 0.3) is 0 Å². The Labute approximate surface area is 78.4 Å². The van der Waals surface area contributed by atoms with Gasteiger partial charge in [-0.2, -0.15) is 0 Å². The predicted molar refractivity (Wildman–Crippen MR) is 48.8 cm³/mol. The van der Waals surface area contributed by atoms with Gasteiger partial charge >= 0.3 is 0 Å². The average molecular weight is 183 g/mol. The van der Waals surface area contributed by atoms with Gasteiger partial charge in [0.2, 0.25) is 0 Å². The lowest BCUT2D eigenvalue weighted by molar-refractivity contribution is -0.306. The Bertz CT molecular complexity index is 194. The van der Waals surface area contributed by atoms with Crippen molar-refractivity contribution in [3.05, 3.63) is 24.3 Å². The first-order valence-electron chi connectivity index (χ1n) is 4.38. The number of carbonyl (C=O) groups excluding carboxylic acids is 1. The number of carbonyl (C=O) groups is 1. The van der Waals surface area contributed by atoms with Crippen molar-refractivity contribution in [1.29, 1.82) is 0 Å². The molecule has 74 valence electrons. The zero-order valence-electron chi connectivity index (χ0n) is 7.77. The van der Waals surface area contributed by atoms with Gasteiger partial charge in [-0.25, -0.2) is 0 Å². The van der Waals surface area contributed by atoms with Gasteiger partial charge in [-0.15, -0.1) is 0 Å². The van der Waals surface area contributed by atoms with E-state index in [0.29, 0.717) is 0 Å². The van der Waals surface area contributed by atoms with Crippen molar-refractivity contribution in [1.82, 2.24) is 0 Å². The molecule has 1 atom stereocenters. The molecule has 0 heterocycles. The van der Waals surface area contributed by atoms with Gasteiger partial charge < -0.3 is 15.0 Å². The van der Waals surface area contributed by atoms with Crippen LogP contribution < -0.4 is 5.11 Å². The highest BCUT2D eigenvalue weighted by Crippen LogP contribution is 1.94. The first kappa shape index (κ1) is 11.9. The molecule has 0 aromatic carbocycles. The molecule has 3 heteroatoms. The standard InChI is InChI=1S/C10H16O3/c1-2-3-4-5-6-7-9(11)8-10(12)13/h4-7,9,11H,2-3,8H2,1H3,(H,12,13)/p-1/b5-4+,7-6+. The van der Waals surface area contributed by atoms with E-state index in [0.717, 1.165) is 12.8 Å². The van der Waals surface area contributed by atoms with Crippen LogP contribution >= 0.6 is 0 Å². The fourth-order valence-electron chi connectivity index (χ4n) is 0.773. The molecule has 0 fully saturated rings. The molecule has 1 unspecified atom stereocenters. The zero-order chi connectivity index (χ0) is 10.1. The maximum absolute atomic E-state index is 10.0. The fraction of sp³-hybridized carbons (Fsp3) is 0.500. The Morgan fingerprint density at radius 2 is 2.23 bits per heavy atom. The van der Waals surface area contributed by atoms with Crippen LogP contribution in [0.4, 0.5) is 0 Å². The van der Waals surface area contributed by atoms with Crippen molar-refractivity contribution < 1.29 is 15.0 Å². The quantitative estimate of drug-likeness (QED) is 0.606. The Balaban J connectivity index is 3.64. The van der Waals surface area contributed by atoms with E-state index in [1.165, 1.54) is 6.08 Å². The second-order valence-electron chi connectivity index (χ2n) is 2.75. The molecule has 0 rings (SSSR count). The van der Waals surface area contributed by atoms with Crippen LogP contribution in [0.3, 0.4) is 0 Å². The van der Waals surface area contributed by atoms with E-state index in [-0.39, 0.29) is 6.42 Å². The van der Waals surface area contributed by atoms with E-state index in [1.807, 2.05) is 6.08 Å². The third-order valence-corrected chi connectivity index (χ3v) is 1.41. The molecule has 0 amide bonds. The monoisotopic (exact) mass is 183 g/mol. The van der Waals surface area contributed by atoms with Crippen LogP contribution in [0.5, 0.6) is 0 Å². The number of allylic oxidation sites excluding steroid dienone is 3. The largest absolute Gasteiger partial charge is 0.550 e. The Morgan fingerprint density at radius 1 is 1.54 bits per heavy atom. The second-order valence-corrected chi connectivity index (χ2v) is 2.75. The van der Waals surface area contributed by atoms with Gasteiger partial charge in [0, 0.05) is 12.4 Å². The molecule has 0 radical (unpaired) electrons. The summed E-state index contributed by atoms with van der Waals surface area (Å²) in [5, 5.41) is 19.1. The number of hydrogen-bond acceptors (Lipinski definition) is 3. The summed E-state index contributed by atoms with van der Waals surface area (Å²) in [4.78, 5) is 10.0. The van der Waals surface area contributed by atoms with Crippen molar-refractivity contribution in [2.45, 2.75) is 32.3 Å². The van der Waals surface area contributed by atoms with Crippen molar-refractivity contribution in [3.8, 4) is 0 Å². The van der Waals surface area contributed by atoms with Gasteiger partial charge in [-0.1, -0.05) is 37.6 Å². The van der Waals surface area contributed by atoms with Gasteiger partial charge in [-0.3, -0.25) is 0 Å². The summed E-state index contributed by atoms with van der Waals surface area (Å²) in [7, 11) is 0. The number of rotatable bonds is 6. The number of hydrogen-bond donors (Lipinski definition) is 1. The van der Waals surface area contributed by atoms with Crippen molar-refractivity contribution in [3.63, 3.8) is 0 Å². The lowest BCUT2D eigenvalue weighted by atomic mass is 10.2. The van der Waals surface area contributed by atoms with Gasteiger partial charge in [0.25, 0.3) is 0 Å². The van der Waals surface area contributed by atoms with E-state index in [1.54, 1.807) is 12.2 Å². The van der Waals surface area contributed by atoms with E-state index in [2.05, 4.69) is 6.92 Å². The number of carboxylic acids is 1. The minimum absolute atomic E-state index is 0.349. The van der Waals surface area contributed by atoms with Gasteiger partial charge in [0.1, 0.15) is 0 Å². The number of aliphatic hydroxyl groups excluding tert-OH is 1. The number of unbranched alkanes of at least 4 members (excludes halogenated alkanes) is 1. The highest BCUT2D eigenvalue weighted by atomic mass is 16.4. The minimum Gasteiger partial charge on any atom is -0.550 e. The summed E-state index contributed by atoms with van der Waals surface area (Å²) in [6.45, 7) is 2.07. The zero-order valence-corrected chi connectivity index (χ0v) is 7.77. The molecule has 0 aliphatic carbocycles. The van der Waals surface area contributed by atoms with Crippen LogP contribution in [0.2, 0.25) is 0 Å². The lowest BCUT2D eigenvalue weighted by Gasteiger charge is -2.04. The summed E-state index contributed by atoms with van der Waals surface area (Å²) >= 11 is 0.